The normalized spacial score (nSPS) is 14.8. The fourth-order valence-electron chi connectivity index (χ4n) is 13.9. The summed E-state index contributed by atoms with van der Waals surface area (Å²) >= 11 is 0. The van der Waals surface area contributed by atoms with Crippen molar-refractivity contribution in [3.8, 4) is 16.9 Å². The van der Waals surface area contributed by atoms with E-state index < -0.39 is 144 Å². The second-order valence-electron chi connectivity index (χ2n) is 29.9. The number of benzene rings is 8. The van der Waals surface area contributed by atoms with Gasteiger partial charge in [0.1, 0.15) is 65.6 Å². The highest BCUT2D eigenvalue weighted by Gasteiger charge is 2.46. The minimum absolute atomic E-state index is 0.0875. The van der Waals surface area contributed by atoms with Gasteiger partial charge >= 0.3 is 18.2 Å². The Morgan fingerprint density at radius 3 is 1.64 bits per heavy atom. The summed E-state index contributed by atoms with van der Waals surface area (Å²) in [6.45, 7) is 10.1. The Balaban J connectivity index is 0.952. The summed E-state index contributed by atoms with van der Waals surface area (Å²) in [4.78, 5) is 143. The van der Waals surface area contributed by atoms with E-state index in [1.54, 1.807) is 108 Å². The third-order valence-corrected chi connectivity index (χ3v) is 19.2. The first-order chi connectivity index (χ1) is 53.5. The third kappa shape index (κ3) is 22.4. The summed E-state index contributed by atoms with van der Waals surface area (Å²) in [5.74, 6) is -7.24. The number of carbonyl (C=O) groups excluding carboxylic acids is 10. The van der Waals surface area contributed by atoms with Crippen LogP contribution in [0.2, 0.25) is 0 Å². The first-order valence-electron chi connectivity index (χ1n) is 37.4. The largest absolute Gasteiger partial charge is 0.492 e. The predicted octanol–water partition coefficient (Wildman–Crippen LogP) is 7.81. The molecule has 8 aromatic carbocycles. The first kappa shape index (κ1) is 82.5. The summed E-state index contributed by atoms with van der Waals surface area (Å²) in [5, 5.41) is 36.4. The van der Waals surface area contributed by atoms with E-state index in [0.717, 1.165) is 33.0 Å². The van der Waals surface area contributed by atoms with Crippen LogP contribution in [0.5, 0.6) is 5.75 Å². The molecule has 26 heteroatoms. The Bertz CT molecular complexity index is 4480. The summed E-state index contributed by atoms with van der Waals surface area (Å²) in [7, 11) is 0. The molecule has 26 nitrogen and oxygen atoms in total. The molecule has 8 aromatic rings. The van der Waals surface area contributed by atoms with E-state index in [9.17, 15) is 29.1 Å². The lowest BCUT2D eigenvalue weighted by atomic mass is 9.77. The molecule has 1 aliphatic carbocycles. The van der Waals surface area contributed by atoms with Gasteiger partial charge in [0.25, 0.3) is 0 Å². The maximum atomic E-state index is 15.7. The number of primary amides is 2. The van der Waals surface area contributed by atoms with Crippen LogP contribution in [0.15, 0.2) is 206 Å². The Kier molecular flexibility index (Phi) is 27.7. The fraction of sp³-hybridized carbons (Fsp3) is 0.349. The van der Waals surface area contributed by atoms with E-state index >= 15 is 24.0 Å². The number of carbonyl (C=O) groups is 10. The molecule has 0 spiro atoms. The number of aliphatic hydroxyl groups is 1. The highest BCUT2D eigenvalue weighted by atomic mass is 16.6. The third-order valence-electron chi connectivity index (χ3n) is 19.2. The van der Waals surface area contributed by atoms with Gasteiger partial charge < -0.3 is 77.5 Å². The lowest BCUT2D eigenvalue weighted by Gasteiger charge is -2.39. The van der Waals surface area contributed by atoms with Crippen LogP contribution in [0.25, 0.3) is 21.9 Å². The monoisotopic (exact) mass is 1530 g/mol. The van der Waals surface area contributed by atoms with Gasteiger partial charge in [-0.05, 0) is 121 Å². The number of esters is 1. The van der Waals surface area contributed by atoms with Crippen LogP contribution in [-0.4, -0.2) is 151 Å². The lowest BCUT2D eigenvalue weighted by molar-refractivity contribution is -0.155. The van der Waals surface area contributed by atoms with E-state index in [4.69, 9.17) is 35.2 Å². The van der Waals surface area contributed by atoms with Crippen LogP contribution in [0, 0.1) is 0 Å². The zero-order valence-electron chi connectivity index (χ0n) is 63.6. The molecule has 9 amide bonds. The Morgan fingerprint density at radius 1 is 0.545 bits per heavy atom. The van der Waals surface area contributed by atoms with Crippen LogP contribution in [0.3, 0.4) is 0 Å². The van der Waals surface area contributed by atoms with Crippen molar-refractivity contribution in [1.82, 2.24) is 42.5 Å². The van der Waals surface area contributed by atoms with Crippen molar-refractivity contribution in [2.45, 2.75) is 158 Å². The minimum atomic E-state index is -2.06. The van der Waals surface area contributed by atoms with Crippen molar-refractivity contribution in [3.63, 3.8) is 0 Å². The highest BCUT2D eigenvalue weighted by molar-refractivity contribution is 5.98. The number of alkyl carbamates (subject to hydrolysis) is 2. The standard InChI is InChI=1S/C86H98N10O16/c1-83(2,3)111-74(99)41-40-67(76(101)92-71(78(103)90-68(75(88)100)51-72(87)97)52-73(98)95-86(58-24-10-7-11-25-58,59-26-12-8-13-27-59)60-28-14-9-15-29-60)93-80(105)85(42-45-108-46-43-85)96-79(104)70(50-55-34-37-56-22-16-17-23-57(56)48-55)91-77(102)69(49-54-35-38-61(39-36-54)109-47-44-89-81(106)112-84(4,5)6)94-82(107)110-53-66-64-32-20-18-30-62(64)63-31-19-21-33-65(63)66/h7-39,48,66-71,78,90,103H,40-47,49-53H2,1-6H3,(H2,87,97)(H2,88,100)(H,89,106)(H,91,102)(H,92,101)(H,93,105)(H,94,107)(H,95,98)(H,96,104)/t67-,68-,69-,70-,71?,78?/m0/s1. The highest BCUT2D eigenvalue weighted by Crippen LogP contribution is 2.45. The molecule has 10 rings (SSSR count). The van der Waals surface area contributed by atoms with Gasteiger partial charge in [-0.1, -0.05) is 194 Å². The summed E-state index contributed by atoms with van der Waals surface area (Å²) < 4.78 is 28.7. The summed E-state index contributed by atoms with van der Waals surface area (Å²) in [5.41, 5.74) is 13.1. The molecular weight excluding hydrogens is 1430 g/mol. The van der Waals surface area contributed by atoms with Crippen molar-refractivity contribution in [1.29, 1.82) is 0 Å². The zero-order chi connectivity index (χ0) is 80.2. The SMILES string of the molecule is CC(C)(C)OC(=O)CC[C@H](NC(=O)C1(NC(=O)[C@H](Cc2ccc3ccccc3c2)NC(=O)[C@H](Cc2ccc(OCCNC(=O)OC(C)(C)C)cc2)NC(=O)OCC2c3ccccc3-c3ccccc32)CCOCC1)C(=O)NC(CC(=O)NC(c1ccccc1)(c1ccccc1)c1ccccc1)C(O)N[C@@H](CC(N)=O)C(N)=O. The quantitative estimate of drug-likeness (QED) is 0.00602. The van der Waals surface area contributed by atoms with E-state index in [-0.39, 0.29) is 64.6 Å². The predicted molar refractivity (Wildman–Crippen MR) is 419 cm³/mol. The molecule has 6 atom stereocenters. The second kappa shape index (κ2) is 37.6. The molecule has 0 bridgehead atoms. The van der Waals surface area contributed by atoms with Gasteiger partial charge in [0, 0.05) is 51.2 Å². The molecule has 1 fully saturated rings. The van der Waals surface area contributed by atoms with Crippen LogP contribution in [0.4, 0.5) is 9.59 Å². The van der Waals surface area contributed by atoms with Crippen LogP contribution >= 0.6 is 0 Å². The van der Waals surface area contributed by atoms with E-state index in [2.05, 4.69) is 42.5 Å². The number of amides is 9. The molecule has 2 aliphatic rings. The number of fused-ring (bicyclic) bond motifs is 4. The van der Waals surface area contributed by atoms with Gasteiger partial charge in [0.05, 0.1) is 31.5 Å². The van der Waals surface area contributed by atoms with E-state index in [0.29, 0.717) is 33.6 Å². The molecule has 1 heterocycles. The smallest absolute Gasteiger partial charge is 0.407 e. The molecule has 0 radical (unpaired) electrons. The van der Waals surface area contributed by atoms with Crippen molar-refractivity contribution < 1.29 is 76.7 Å². The molecular formula is C86H98N10O16. The first-order valence-corrected chi connectivity index (χ1v) is 37.4. The van der Waals surface area contributed by atoms with Gasteiger partial charge in [0.2, 0.25) is 41.4 Å². The van der Waals surface area contributed by atoms with Gasteiger partial charge in [-0.25, -0.2) is 9.59 Å². The molecule has 1 saturated heterocycles. The molecule has 13 N–H and O–H groups in total. The topological polar surface area (TPSA) is 385 Å². The molecule has 1 aliphatic heterocycles. The number of nitrogens with two attached hydrogens (primary N) is 2. The summed E-state index contributed by atoms with van der Waals surface area (Å²) in [6.07, 6.45) is -6.74. The Morgan fingerprint density at radius 2 is 1.07 bits per heavy atom. The number of nitrogens with one attached hydrogen (secondary N) is 8. The lowest BCUT2D eigenvalue weighted by Crippen LogP contribution is -2.67. The molecule has 588 valence electrons. The van der Waals surface area contributed by atoms with Crippen molar-refractivity contribution >= 4 is 70.3 Å². The van der Waals surface area contributed by atoms with Gasteiger partial charge in [-0.15, -0.1) is 0 Å². The van der Waals surface area contributed by atoms with Crippen LogP contribution in [-0.2, 0) is 75.7 Å². The molecule has 112 heavy (non-hydrogen) atoms. The number of rotatable bonds is 34. The molecule has 0 saturated carbocycles. The number of ether oxygens (including phenoxy) is 5. The van der Waals surface area contributed by atoms with Crippen LogP contribution < -0.4 is 58.7 Å². The average molecular weight is 1530 g/mol. The van der Waals surface area contributed by atoms with Crippen molar-refractivity contribution in [2.75, 3.05) is 33.0 Å². The van der Waals surface area contributed by atoms with Gasteiger partial charge in [-0.2, -0.15) is 0 Å². The fourth-order valence-corrected chi connectivity index (χ4v) is 13.9. The number of hydrogen-bond donors (Lipinski definition) is 11. The van der Waals surface area contributed by atoms with Gasteiger partial charge in [0.15, 0.2) is 0 Å². The maximum Gasteiger partial charge on any atom is 0.407 e. The second-order valence-corrected chi connectivity index (χ2v) is 29.9. The van der Waals surface area contributed by atoms with Crippen molar-refractivity contribution in [3.05, 3.63) is 245 Å². The van der Waals surface area contributed by atoms with Crippen molar-refractivity contribution in [2.24, 2.45) is 11.5 Å². The zero-order valence-corrected chi connectivity index (χ0v) is 63.6. The maximum absolute atomic E-state index is 15.7. The Hall–Kier alpha value is -12.0. The van der Waals surface area contributed by atoms with E-state index in [1.807, 2.05) is 140 Å². The van der Waals surface area contributed by atoms with Gasteiger partial charge in [-0.3, -0.25) is 43.7 Å². The molecule has 2 unspecified atom stereocenters. The van der Waals surface area contributed by atoms with E-state index in [1.165, 1.54) is 0 Å². The van der Waals surface area contributed by atoms with Crippen LogP contribution in [0.1, 0.15) is 125 Å². The Labute approximate surface area is 650 Å². The molecule has 0 aromatic heterocycles. The average Bonchev–Trinajstić information content (AvgIpc) is 1.57. The summed E-state index contributed by atoms with van der Waals surface area (Å²) in [6, 6.07) is 54.6. The number of hydrogen-bond acceptors (Lipinski definition) is 17. The minimum Gasteiger partial charge on any atom is -0.492 e. The number of aliphatic hydroxyl groups excluding tert-OH is 1.